The van der Waals surface area contributed by atoms with E-state index in [0.717, 1.165) is 260 Å². The van der Waals surface area contributed by atoms with Crippen LogP contribution in [0.1, 0.15) is 78.3 Å². The standard InChI is InChI=1S/C22H24N6O.C21H23N7O2.C21H23N7O.C21H22N6O.C20H21N7O/c1-14-8-17(12-27-11-15(2)24-22(14)27)18-9-21(29)28-13-19(23-10-20(28)25-18)16-4-6-26(3)7-5-16;1-25-13-16-10-15(2-3-17(16)24-25)18-11-21(30)28-14-20(22-12-19(28)23-18)27-6-4-26(5-7-27)8-9-29;1-3-26-6-8-27(9-7-26)20-14-28-19(12-22-20)23-18(11-21(28)29)15-4-5-17-16(10-15)13-25(2)24-17;1-13-7-16(11-26-10-14(2)24-21(13)26)17-8-20(28)27-12-18(23-9-19(27)25-17)15-3-5-22-6-4-15;1-24-5-7-26(8-6-24)19-13-27-18(11-21-19)22-17(10-20(27)28)14-3-4-16-15(9-14)12-25(2)23-16/h8-13,16H,4-7H2,1-3H3;2-3,10-14,29H,4-9H2,1H3;4-5,10-14H,3,6-9H2,1-2H3;7-12,15,22H,3-6H2,1-2H3;3-4,9-13H,5-8H2,1-2H3. The third kappa shape index (κ3) is 20.1. The SMILES string of the molecule is CCN1CCN(c2cn3c(=O)cc(-c4ccc5nn(C)cc5c4)nc3cn2)CC1.CN1CCN(c2cn3c(=O)cc(-c4ccc5nn(C)cc5c4)nc3cn2)CC1.Cc1cn2cc(-c3cc(=O)n4cc(C5CCN(C)CC5)ncc4n3)cc(C)c2n1.Cc1cn2cc(-c3cc(=O)n4cc(C5CCNCC5)ncc4n3)cc(C)c2n1.Cn1cc2cc(-c3cc(=O)n4cc(N5CCN(CCO)CC5)ncc4n3)ccc2n1. The summed E-state index contributed by atoms with van der Waals surface area (Å²) in [5.74, 6) is 3.19. The molecular formula is C105H113N33O6. The van der Waals surface area contributed by atoms with Crippen LogP contribution in [0.15, 0.2) is 226 Å². The zero-order chi connectivity index (χ0) is 99.2. The number of aliphatic hydroxyl groups excluding tert-OH is 1. The van der Waals surface area contributed by atoms with Gasteiger partial charge < -0.3 is 48.6 Å². The van der Waals surface area contributed by atoms with E-state index < -0.39 is 0 Å². The summed E-state index contributed by atoms with van der Waals surface area (Å²) in [6.45, 7) is 27.2. The van der Waals surface area contributed by atoms with Crippen LogP contribution < -0.4 is 47.8 Å². The van der Waals surface area contributed by atoms with Crippen LogP contribution in [-0.4, -0.2) is 283 Å². The molecule has 5 aliphatic heterocycles. The van der Waals surface area contributed by atoms with Crippen LogP contribution in [0.25, 0.3) is 129 Å². The number of imidazole rings is 2. The van der Waals surface area contributed by atoms with E-state index in [1.165, 1.54) is 0 Å². The van der Waals surface area contributed by atoms with Crippen LogP contribution in [0.5, 0.6) is 0 Å². The van der Waals surface area contributed by atoms with Gasteiger partial charge in [-0.2, -0.15) is 15.3 Å². The number of aliphatic hydroxyl groups is 1. The number of β-amino-alcohol motifs (C(OH)–C–C–N with tert-alkyl or cyclic N) is 1. The van der Waals surface area contributed by atoms with Gasteiger partial charge in [0.25, 0.3) is 27.8 Å². The van der Waals surface area contributed by atoms with Gasteiger partial charge in [-0.05, 0) is 160 Å². The van der Waals surface area contributed by atoms with E-state index in [0.29, 0.717) is 75.1 Å². The van der Waals surface area contributed by atoms with Gasteiger partial charge in [0.2, 0.25) is 0 Å². The minimum atomic E-state index is -0.135. The van der Waals surface area contributed by atoms with Crippen molar-refractivity contribution in [3.63, 3.8) is 0 Å². The number of likely N-dealkylation sites (N-methyl/N-ethyl adjacent to an activating group) is 2. The summed E-state index contributed by atoms with van der Waals surface area (Å²) in [7, 11) is 9.93. The van der Waals surface area contributed by atoms with Crippen molar-refractivity contribution in [1.29, 1.82) is 0 Å². The molecule has 5 aliphatic rings. The van der Waals surface area contributed by atoms with Crippen LogP contribution in [-0.2, 0) is 21.1 Å². The molecule has 144 heavy (non-hydrogen) atoms. The second-order valence-electron chi connectivity index (χ2n) is 38.0. The van der Waals surface area contributed by atoms with Gasteiger partial charge in [-0.3, -0.25) is 74.9 Å². The minimum Gasteiger partial charge on any atom is -0.395 e. The van der Waals surface area contributed by atoms with Crippen molar-refractivity contribution in [2.45, 2.75) is 72.1 Å². The monoisotopic (exact) mass is 1930 g/mol. The molecule has 0 atom stereocenters. The molecule has 0 bridgehead atoms. The molecule has 25 rings (SSSR count). The maximum Gasteiger partial charge on any atom is 0.258 e. The predicted molar refractivity (Wildman–Crippen MR) is 557 cm³/mol. The molecule has 5 saturated heterocycles. The highest BCUT2D eigenvalue weighted by Gasteiger charge is 2.27. The number of aryl methyl sites for hydroxylation is 7. The summed E-state index contributed by atoms with van der Waals surface area (Å²) in [4.78, 5) is 135. The third-order valence-electron chi connectivity index (χ3n) is 27.8. The van der Waals surface area contributed by atoms with Gasteiger partial charge in [-0.1, -0.05) is 25.1 Å². The van der Waals surface area contributed by atoms with Crippen molar-refractivity contribution in [2.75, 3.05) is 153 Å². The maximum absolute atomic E-state index is 12.9. The lowest BCUT2D eigenvalue weighted by atomic mass is 9.94. The Kier molecular flexibility index (Phi) is 26.3. The highest BCUT2D eigenvalue weighted by Crippen LogP contribution is 2.32. The van der Waals surface area contributed by atoms with Crippen molar-refractivity contribution in [3.8, 4) is 56.3 Å². The number of pyridine rings is 2. The fourth-order valence-corrected chi connectivity index (χ4v) is 19.8. The van der Waals surface area contributed by atoms with Crippen LogP contribution >= 0.6 is 0 Å². The highest BCUT2D eigenvalue weighted by atomic mass is 16.3. The van der Waals surface area contributed by atoms with E-state index in [4.69, 9.17) is 15.1 Å². The van der Waals surface area contributed by atoms with E-state index in [2.05, 4.69) is 126 Å². The molecular weight excluding hydrogens is 1820 g/mol. The fraction of sp³-hybridized carbons (Fsp3) is 0.333. The smallest absolute Gasteiger partial charge is 0.258 e. The average molecular weight is 1930 g/mol. The Balaban J connectivity index is 0.000000106. The van der Waals surface area contributed by atoms with Gasteiger partial charge in [0.1, 0.15) is 28.7 Å². The average Bonchev–Trinajstić information content (AvgIpc) is 0.871. The number of rotatable bonds is 13. The Morgan fingerprint density at radius 1 is 0.333 bits per heavy atom. The van der Waals surface area contributed by atoms with Crippen molar-refractivity contribution in [2.24, 2.45) is 21.1 Å². The first kappa shape index (κ1) is 94.3. The topological polar surface area (TPSA) is 379 Å². The van der Waals surface area contributed by atoms with Gasteiger partial charge in [0.15, 0.2) is 28.2 Å². The van der Waals surface area contributed by atoms with E-state index >= 15 is 0 Å². The Bertz CT molecular complexity index is 8590. The van der Waals surface area contributed by atoms with Gasteiger partial charge in [-0.15, -0.1) is 0 Å². The first-order valence-corrected chi connectivity index (χ1v) is 48.9. The van der Waals surface area contributed by atoms with Crippen LogP contribution in [0.3, 0.4) is 0 Å². The number of nitrogens with one attached hydrogen (secondary N) is 1. The molecule has 0 amide bonds. The first-order valence-electron chi connectivity index (χ1n) is 48.9. The molecule has 0 radical (unpaired) electrons. The Morgan fingerprint density at radius 2 is 0.660 bits per heavy atom. The summed E-state index contributed by atoms with van der Waals surface area (Å²) in [6.07, 6.45) is 35.6. The van der Waals surface area contributed by atoms with Gasteiger partial charge in [0, 0.05) is 248 Å². The zero-order valence-corrected chi connectivity index (χ0v) is 82.3. The first-order chi connectivity index (χ1) is 69.8. The van der Waals surface area contributed by atoms with E-state index in [-0.39, 0.29) is 34.4 Å². The van der Waals surface area contributed by atoms with Crippen molar-refractivity contribution < 1.29 is 5.11 Å². The number of aromatic nitrogens is 25. The maximum atomic E-state index is 12.9. The Labute approximate surface area is 826 Å². The predicted octanol–water partition coefficient (Wildman–Crippen LogP) is 9.26. The van der Waals surface area contributed by atoms with Crippen LogP contribution in [0.4, 0.5) is 17.5 Å². The van der Waals surface area contributed by atoms with Gasteiger partial charge >= 0.3 is 0 Å². The van der Waals surface area contributed by atoms with E-state index in [9.17, 15) is 24.0 Å². The fourth-order valence-electron chi connectivity index (χ4n) is 19.8. The second-order valence-corrected chi connectivity index (χ2v) is 38.0. The molecule has 0 spiro atoms. The number of piperidine rings is 2. The summed E-state index contributed by atoms with van der Waals surface area (Å²) in [5.41, 5.74) is 20.5. The molecule has 39 nitrogen and oxygen atoms in total. The number of anilines is 3. The summed E-state index contributed by atoms with van der Waals surface area (Å²) < 4.78 is 17.3. The summed E-state index contributed by atoms with van der Waals surface area (Å²) >= 11 is 0. The number of likely N-dealkylation sites (tertiary alicyclic amines) is 1. The molecule has 734 valence electrons. The van der Waals surface area contributed by atoms with Gasteiger partial charge in [0.05, 0.1) is 124 Å². The number of benzene rings is 3. The van der Waals surface area contributed by atoms with Crippen molar-refractivity contribution in [1.82, 2.24) is 145 Å². The quantitative estimate of drug-likeness (QED) is 0.108. The van der Waals surface area contributed by atoms with Crippen LogP contribution in [0.2, 0.25) is 0 Å². The third-order valence-corrected chi connectivity index (χ3v) is 27.8. The van der Waals surface area contributed by atoms with E-state index in [1.54, 1.807) is 116 Å². The Morgan fingerprint density at radius 3 is 1.02 bits per heavy atom. The normalized spacial score (nSPS) is 15.6. The lowest BCUT2D eigenvalue weighted by molar-refractivity contribution is 0.188. The largest absolute Gasteiger partial charge is 0.395 e. The molecule has 2 N–H and O–H groups in total. The second kappa shape index (κ2) is 40.2. The number of hydrogen-bond acceptors (Lipinski definition) is 29. The lowest BCUT2D eigenvalue weighted by Gasteiger charge is -2.34. The molecule has 0 aliphatic carbocycles. The minimum absolute atomic E-state index is 0.0823. The van der Waals surface area contributed by atoms with Crippen molar-refractivity contribution in [3.05, 3.63) is 288 Å². The Hall–Kier alpha value is -15.9. The molecule has 5 fully saturated rings. The van der Waals surface area contributed by atoms with Crippen molar-refractivity contribution >= 4 is 89.7 Å². The summed E-state index contributed by atoms with van der Waals surface area (Å²) in [5, 5.41) is 28.7. The lowest BCUT2D eigenvalue weighted by Crippen LogP contribution is -2.47. The molecule has 20 aromatic rings. The van der Waals surface area contributed by atoms with E-state index in [1.807, 2.05) is 180 Å². The molecule has 17 aromatic heterocycles. The zero-order valence-electron chi connectivity index (χ0n) is 82.3. The summed E-state index contributed by atoms with van der Waals surface area (Å²) in [6, 6.07) is 29.7. The molecule has 3 aromatic carbocycles. The molecule has 22 heterocycles. The number of piperazine rings is 3. The number of hydrogen-bond donors (Lipinski definition) is 2. The van der Waals surface area contributed by atoms with Crippen LogP contribution in [0, 0.1) is 27.7 Å². The number of nitrogens with zero attached hydrogens (tertiary/aromatic N) is 32. The molecule has 0 saturated carbocycles. The highest BCUT2D eigenvalue weighted by molar-refractivity contribution is 5.86. The number of fused-ring (bicyclic) bond motifs is 10. The van der Waals surface area contributed by atoms with Gasteiger partial charge in [-0.25, -0.2) is 49.8 Å². The molecule has 0 unspecified atom stereocenters. The molecule has 39 heteroatoms.